The second-order valence-corrected chi connectivity index (χ2v) is 3.73. The molecule has 0 spiro atoms. The molecular weight excluding hydrogens is 284 g/mol. The van der Waals surface area contributed by atoms with Gasteiger partial charge in [0.25, 0.3) is 0 Å². The Labute approximate surface area is 123 Å². The van der Waals surface area contributed by atoms with Crippen LogP contribution in [-0.2, 0) is 23.7 Å². The van der Waals surface area contributed by atoms with E-state index in [0.29, 0.717) is 46.2 Å². The van der Waals surface area contributed by atoms with Crippen LogP contribution in [0, 0.1) is 0 Å². The predicted molar refractivity (Wildman–Crippen MR) is 73.0 cm³/mol. The van der Waals surface area contributed by atoms with Gasteiger partial charge in [0.1, 0.15) is 13.2 Å². The molecule has 9 heteroatoms. The Kier molecular flexibility index (Phi) is 14.0. The highest BCUT2D eigenvalue weighted by atomic mass is 16.6. The van der Waals surface area contributed by atoms with Crippen molar-refractivity contribution < 1.29 is 33.6 Å². The van der Waals surface area contributed by atoms with E-state index < -0.39 is 18.6 Å². The Bertz CT molecular complexity index is 250. The van der Waals surface area contributed by atoms with Crippen molar-refractivity contribution in [3.8, 4) is 0 Å². The molecule has 0 atom stereocenters. The number of carbonyl (C=O) groups excluding carboxylic acids is 2. The third-order valence-electron chi connectivity index (χ3n) is 2.12. The minimum absolute atomic E-state index is 0.197. The van der Waals surface area contributed by atoms with E-state index in [4.69, 9.17) is 24.1 Å². The van der Waals surface area contributed by atoms with Crippen molar-refractivity contribution in [2.75, 3.05) is 66.4 Å². The summed E-state index contributed by atoms with van der Waals surface area (Å²) < 4.78 is 20.3. The summed E-state index contributed by atoms with van der Waals surface area (Å²) in [7, 11) is 1.49. The van der Waals surface area contributed by atoms with Gasteiger partial charge >= 0.3 is 6.09 Å². The normalized spacial score (nSPS) is 10.2. The zero-order valence-electron chi connectivity index (χ0n) is 12.3. The van der Waals surface area contributed by atoms with Gasteiger partial charge in [-0.2, -0.15) is 0 Å². The number of alkyl carbamates (subject to hydrolysis) is 1. The summed E-state index contributed by atoms with van der Waals surface area (Å²) in [6.07, 6.45) is -0.484. The van der Waals surface area contributed by atoms with Gasteiger partial charge in [-0.1, -0.05) is 0 Å². The average molecular weight is 308 g/mol. The van der Waals surface area contributed by atoms with Gasteiger partial charge in [0.2, 0.25) is 5.91 Å². The Balaban J connectivity index is 3.06. The first kappa shape index (κ1) is 19.6. The number of nitrogens with one attached hydrogen (secondary N) is 2. The van der Waals surface area contributed by atoms with Gasteiger partial charge in [0, 0.05) is 13.6 Å². The van der Waals surface area contributed by atoms with E-state index in [9.17, 15) is 9.59 Å². The molecule has 0 rings (SSSR count). The molecule has 124 valence electrons. The summed E-state index contributed by atoms with van der Waals surface area (Å²) in [5.41, 5.74) is 0. The van der Waals surface area contributed by atoms with E-state index in [2.05, 4.69) is 10.6 Å². The van der Waals surface area contributed by atoms with Crippen molar-refractivity contribution in [1.29, 1.82) is 0 Å². The topological polar surface area (TPSA) is 115 Å². The van der Waals surface area contributed by atoms with Crippen molar-refractivity contribution in [2.45, 2.75) is 0 Å². The van der Waals surface area contributed by atoms with Crippen LogP contribution in [0.25, 0.3) is 0 Å². The number of rotatable bonds is 13. The summed E-state index contributed by atoms with van der Waals surface area (Å²) in [5, 5.41) is 13.2. The number of hydrogen-bond acceptors (Lipinski definition) is 7. The van der Waals surface area contributed by atoms with Gasteiger partial charge in [0.05, 0.1) is 39.6 Å². The fraction of sp³-hybridized carbons (Fsp3) is 0.833. The molecule has 0 bridgehead atoms. The number of ether oxygens (including phenoxy) is 4. The molecule has 0 heterocycles. The third-order valence-corrected chi connectivity index (χ3v) is 2.12. The van der Waals surface area contributed by atoms with E-state index in [1.807, 2.05) is 0 Å². The Morgan fingerprint density at radius 1 is 0.905 bits per heavy atom. The van der Waals surface area contributed by atoms with E-state index in [1.165, 1.54) is 7.05 Å². The van der Waals surface area contributed by atoms with Crippen LogP contribution >= 0.6 is 0 Å². The molecule has 0 saturated carbocycles. The van der Waals surface area contributed by atoms with E-state index in [0.717, 1.165) is 0 Å². The monoisotopic (exact) mass is 308 g/mol. The molecule has 0 aliphatic rings. The lowest BCUT2D eigenvalue weighted by atomic mass is 10.6. The zero-order chi connectivity index (χ0) is 15.8. The SMILES string of the molecule is CNC(=O)OCCOCCOCCOCCNC(=O)CO. The van der Waals surface area contributed by atoms with Crippen molar-refractivity contribution >= 4 is 12.0 Å². The number of amides is 2. The number of hydrogen-bond donors (Lipinski definition) is 3. The van der Waals surface area contributed by atoms with Crippen molar-refractivity contribution in [3.05, 3.63) is 0 Å². The Morgan fingerprint density at radius 2 is 1.43 bits per heavy atom. The van der Waals surface area contributed by atoms with Crippen molar-refractivity contribution in [2.24, 2.45) is 0 Å². The second-order valence-electron chi connectivity index (χ2n) is 3.73. The maximum absolute atomic E-state index is 10.7. The Morgan fingerprint density at radius 3 is 1.95 bits per heavy atom. The lowest BCUT2D eigenvalue weighted by molar-refractivity contribution is -0.124. The molecule has 0 aromatic carbocycles. The lowest BCUT2D eigenvalue weighted by Gasteiger charge is -2.07. The molecule has 0 aliphatic heterocycles. The summed E-state index contributed by atoms with van der Waals surface area (Å²) in [4.78, 5) is 21.3. The molecule has 9 nitrogen and oxygen atoms in total. The average Bonchev–Trinajstić information content (AvgIpc) is 2.51. The molecule has 21 heavy (non-hydrogen) atoms. The van der Waals surface area contributed by atoms with Crippen LogP contribution in [0.5, 0.6) is 0 Å². The van der Waals surface area contributed by atoms with Crippen LogP contribution in [0.1, 0.15) is 0 Å². The molecule has 0 fully saturated rings. The molecule has 0 aliphatic carbocycles. The quantitative estimate of drug-likeness (QED) is 0.355. The maximum atomic E-state index is 10.7. The van der Waals surface area contributed by atoms with Crippen LogP contribution in [-0.4, -0.2) is 83.6 Å². The fourth-order valence-electron chi connectivity index (χ4n) is 1.13. The number of carbonyl (C=O) groups is 2. The fourth-order valence-corrected chi connectivity index (χ4v) is 1.13. The summed E-state index contributed by atoms with van der Waals surface area (Å²) in [6.45, 7) is 2.38. The number of aliphatic hydroxyl groups is 1. The summed E-state index contributed by atoms with van der Waals surface area (Å²) in [5.74, 6) is -0.424. The number of aliphatic hydroxyl groups excluding tert-OH is 1. The summed E-state index contributed by atoms with van der Waals surface area (Å²) in [6, 6.07) is 0. The van der Waals surface area contributed by atoms with Crippen molar-refractivity contribution in [3.63, 3.8) is 0 Å². The molecule has 0 aromatic rings. The minimum Gasteiger partial charge on any atom is -0.447 e. The first-order valence-electron chi connectivity index (χ1n) is 6.66. The first-order chi connectivity index (χ1) is 10.2. The molecule has 0 aromatic heterocycles. The van der Waals surface area contributed by atoms with Crippen LogP contribution in [0.3, 0.4) is 0 Å². The van der Waals surface area contributed by atoms with Crippen LogP contribution in [0.4, 0.5) is 4.79 Å². The van der Waals surface area contributed by atoms with Crippen LogP contribution in [0.15, 0.2) is 0 Å². The molecular formula is C12H24N2O7. The molecule has 0 radical (unpaired) electrons. The van der Waals surface area contributed by atoms with Gasteiger partial charge < -0.3 is 34.7 Å². The van der Waals surface area contributed by atoms with Gasteiger partial charge in [-0.05, 0) is 0 Å². The van der Waals surface area contributed by atoms with Gasteiger partial charge in [0.15, 0.2) is 0 Å². The largest absolute Gasteiger partial charge is 0.447 e. The molecule has 0 unspecified atom stereocenters. The third kappa shape index (κ3) is 14.8. The van der Waals surface area contributed by atoms with E-state index >= 15 is 0 Å². The van der Waals surface area contributed by atoms with E-state index in [1.54, 1.807) is 0 Å². The van der Waals surface area contributed by atoms with Gasteiger partial charge in [-0.3, -0.25) is 4.79 Å². The lowest BCUT2D eigenvalue weighted by Crippen LogP contribution is -2.29. The van der Waals surface area contributed by atoms with Crippen LogP contribution < -0.4 is 10.6 Å². The molecule has 2 amide bonds. The summed E-state index contributed by atoms with van der Waals surface area (Å²) >= 11 is 0. The highest BCUT2D eigenvalue weighted by molar-refractivity contribution is 5.76. The predicted octanol–water partition coefficient (Wildman–Crippen LogP) is -1.50. The molecule has 0 saturated heterocycles. The highest BCUT2D eigenvalue weighted by Crippen LogP contribution is 1.83. The van der Waals surface area contributed by atoms with Crippen molar-refractivity contribution in [1.82, 2.24) is 10.6 Å². The van der Waals surface area contributed by atoms with Gasteiger partial charge in [-0.25, -0.2) is 4.79 Å². The minimum atomic E-state index is -0.517. The van der Waals surface area contributed by atoms with Gasteiger partial charge in [-0.15, -0.1) is 0 Å². The van der Waals surface area contributed by atoms with E-state index in [-0.39, 0.29) is 6.61 Å². The smallest absolute Gasteiger partial charge is 0.406 e. The standard InChI is InChI=1S/C12H24N2O7/c1-13-12(17)21-9-8-20-7-6-19-5-4-18-3-2-14-11(16)10-15/h15H,2-10H2,1H3,(H,13,17)(H,14,16). The molecule has 3 N–H and O–H groups in total. The second kappa shape index (κ2) is 15.0. The zero-order valence-corrected chi connectivity index (χ0v) is 12.3. The van der Waals surface area contributed by atoms with Crippen LogP contribution in [0.2, 0.25) is 0 Å². The maximum Gasteiger partial charge on any atom is 0.406 e. The highest BCUT2D eigenvalue weighted by Gasteiger charge is 1.97. The first-order valence-corrected chi connectivity index (χ1v) is 6.66. The Hall–Kier alpha value is -1.42.